The van der Waals surface area contributed by atoms with Gasteiger partial charge in [0.15, 0.2) is 43.4 Å². The third-order valence-corrected chi connectivity index (χ3v) is 12.9. The number of hydrogen-bond acceptors (Lipinski definition) is 18. The van der Waals surface area contributed by atoms with Gasteiger partial charge < -0.3 is 63.7 Å². The molecule has 2 aliphatic rings. The minimum atomic E-state index is -5.19. The van der Waals surface area contributed by atoms with Crippen LogP contribution in [-0.4, -0.2) is 118 Å². The number of carbonyl (C=O) groups excluding carboxylic acids is 7. The number of hydrogen-bond donors (Lipinski definition) is 4. The Morgan fingerprint density at radius 1 is 0.779 bits per heavy atom. The second-order valence-electron chi connectivity index (χ2n) is 19.0. The standard InChI is InChI=1S/C57H60ClN7O14.C2HF3O2/c1-35(66)75-50-51(76-36(2)67)53(77-37(3)68)55(79-52(50)54(70)72-4)78-48-22-17-38(31-47(48)64-49(69)23-27-61-57(71)74-33-46-44-15-9-7-13-42(44)43-14-8-10-16-45(43)46)32-65-28-24-40(25-29-65)63-56(62-34-59)60-26-11-5-6-12-30-73-41-20-18-39(58)19-21-41;3-2(4,5)1(6)7/h7-10,13-22,24-25,28-29,31,46,50-53,55H,5-6,11-12,23,26-27,30,32-33H2,1-4H3,(H3,60,61,62,64,69,71);(H,6,7)/t50-,51-,52-,53+,55+;/m0./s1. The summed E-state index contributed by atoms with van der Waals surface area (Å²) in [5, 5.41) is 30.1. The Hall–Kier alpha value is -9.48. The van der Waals surface area contributed by atoms with Gasteiger partial charge in [-0.2, -0.15) is 18.4 Å². The zero-order valence-electron chi connectivity index (χ0n) is 46.9. The number of aliphatic carboxylic acids is 1. The van der Waals surface area contributed by atoms with Gasteiger partial charge in [0.1, 0.15) is 24.1 Å². The highest BCUT2D eigenvalue weighted by Gasteiger charge is 2.56. The Morgan fingerprint density at radius 2 is 1.38 bits per heavy atom. The number of esters is 4. The summed E-state index contributed by atoms with van der Waals surface area (Å²) >= 11 is 5.94. The van der Waals surface area contributed by atoms with E-state index in [1.807, 2.05) is 71.4 Å². The molecule has 7 rings (SSSR count). The number of benzene rings is 4. The number of halogens is 4. The topological polar surface area (TPSA) is 305 Å². The minimum Gasteiger partial charge on any atom is -0.542 e. The molecular weight excluding hydrogens is 1160 g/mol. The van der Waals surface area contributed by atoms with Crippen molar-refractivity contribution in [2.45, 2.75) is 102 Å². The van der Waals surface area contributed by atoms with Gasteiger partial charge in [-0.1, -0.05) is 66.6 Å². The number of anilines is 2. The molecule has 86 heavy (non-hydrogen) atoms. The number of nitriles is 1. The number of aromatic nitrogens is 1. The van der Waals surface area contributed by atoms with E-state index in [2.05, 4.69) is 26.3 Å². The largest absolute Gasteiger partial charge is 0.542 e. The monoisotopic (exact) mass is 1220 g/mol. The lowest BCUT2D eigenvalue weighted by atomic mass is 9.97. The van der Waals surface area contributed by atoms with Crippen molar-refractivity contribution in [3.05, 3.63) is 137 Å². The van der Waals surface area contributed by atoms with E-state index in [0.29, 0.717) is 29.4 Å². The SMILES string of the molecule is COC(=O)[C@H]1O[C@@H](Oc2ccc(C[n+]3ccc(NC(=NCCCCCCOc4ccc(Cl)cc4)NC#N)cc3)cc2NC(=O)CCNC(=O)OCC2c3ccccc3-c3ccccc32)[C@H](OC(C)=O)[C@@H](OC(C)=O)[C@@H]1OC(C)=O.O=C([O-])C(F)(F)F. The second kappa shape index (κ2) is 32.0. The van der Waals surface area contributed by atoms with Gasteiger partial charge >= 0.3 is 36.1 Å². The van der Waals surface area contributed by atoms with E-state index >= 15 is 0 Å². The highest BCUT2D eigenvalue weighted by atomic mass is 35.5. The van der Waals surface area contributed by atoms with Crippen molar-refractivity contribution in [3.8, 4) is 28.8 Å². The van der Waals surface area contributed by atoms with E-state index in [4.69, 9.17) is 59.4 Å². The number of guanidine groups is 1. The molecule has 4 aromatic carbocycles. The third kappa shape index (κ3) is 19.8. The molecular formula is C59H61ClF3N7O16. The van der Waals surface area contributed by atoms with E-state index in [9.17, 15) is 47.2 Å². The van der Waals surface area contributed by atoms with E-state index < -0.39 is 78.7 Å². The van der Waals surface area contributed by atoms with Crippen LogP contribution < -0.4 is 40.4 Å². The van der Waals surface area contributed by atoms with Crippen LogP contribution in [0.25, 0.3) is 11.1 Å². The molecule has 5 aromatic rings. The summed E-state index contributed by atoms with van der Waals surface area (Å²) in [6.45, 7) is 4.49. The fourth-order valence-electron chi connectivity index (χ4n) is 8.95. The number of fused-ring (bicyclic) bond motifs is 3. The molecule has 5 atom stereocenters. The molecule has 0 saturated carbocycles. The van der Waals surface area contributed by atoms with Crippen molar-refractivity contribution in [3.63, 3.8) is 0 Å². The van der Waals surface area contributed by atoms with Crippen LogP contribution in [0.4, 0.5) is 29.3 Å². The number of nitrogens with one attached hydrogen (secondary N) is 4. The first-order valence-corrected chi connectivity index (χ1v) is 27.1. The lowest BCUT2D eigenvalue weighted by Crippen LogP contribution is -2.64. The molecule has 2 amide bonds. The van der Waals surface area contributed by atoms with Crippen molar-refractivity contribution in [2.75, 3.05) is 44.0 Å². The molecule has 0 bridgehead atoms. The molecule has 1 aromatic heterocycles. The van der Waals surface area contributed by atoms with Crippen LogP contribution in [0, 0.1) is 11.5 Å². The maximum atomic E-state index is 13.7. The molecule has 456 valence electrons. The van der Waals surface area contributed by atoms with Gasteiger partial charge in [0.25, 0.3) is 0 Å². The molecule has 0 radical (unpaired) electrons. The number of nitrogens with zero attached hydrogens (tertiary/aromatic N) is 3. The average Bonchev–Trinajstić information content (AvgIpc) is 1.93. The predicted octanol–water partition coefficient (Wildman–Crippen LogP) is 6.39. The number of methoxy groups -OCH3 is 1. The predicted molar refractivity (Wildman–Crippen MR) is 298 cm³/mol. The first-order chi connectivity index (χ1) is 41.1. The number of unbranched alkanes of at least 4 members (excludes halogenated alkanes) is 3. The number of rotatable bonds is 23. The number of alkyl carbamates (subject to hydrolysis) is 1. The Labute approximate surface area is 496 Å². The maximum absolute atomic E-state index is 13.7. The Balaban J connectivity index is 0.00000159. The van der Waals surface area contributed by atoms with Gasteiger partial charge in [-0.05, 0) is 84.0 Å². The summed E-state index contributed by atoms with van der Waals surface area (Å²) < 4.78 is 78.5. The fraction of sp³-hybridized carbons (Fsp3) is 0.356. The number of pyridine rings is 1. The summed E-state index contributed by atoms with van der Waals surface area (Å²) in [5.41, 5.74) is 5.62. The molecule has 1 saturated heterocycles. The third-order valence-electron chi connectivity index (χ3n) is 12.7. The lowest BCUT2D eigenvalue weighted by Gasteiger charge is -2.43. The average molecular weight is 1220 g/mol. The highest BCUT2D eigenvalue weighted by molar-refractivity contribution is 6.30. The normalized spacial score (nSPS) is 16.8. The first-order valence-electron chi connectivity index (χ1n) is 26.7. The maximum Gasteiger partial charge on any atom is 0.430 e. The summed E-state index contributed by atoms with van der Waals surface area (Å²) in [6.07, 6.45) is -5.47. The quantitative estimate of drug-likeness (QED) is 0.00804. The van der Waals surface area contributed by atoms with Crippen molar-refractivity contribution < 1.29 is 94.3 Å². The lowest BCUT2D eigenvalue weighted by molar-refractivity contribution is -0.688. The van der Waals surface area contributed by atoms with Gasteiger partial charge in [-0.3, -0.25) is 29.5 Å². The van der Waals surface area contributed by atoms with Gasteiger partial charge in [-0.15, -0.1) is 0 Å². The molecule has 0 unspecified atom stereocenters. The van der Waals surface area contributed by atoms with E-state index in [0.717, 1.165) is 81.6 Å². The van der Waals surface area contributed by atoms with Crippen LogP contribution in [0.5, 0.6) is 11.5 Å². The van der Waals surface area contributed by atoms with Gasteiger partial charge in [0, 0.05) is 68.9 Å². The molecule has 1 aliphatic heterocycles. The van der Waals surface area contributed by atoms with Crippen LogP contribution in [0.1, 0.15) is 75.5 Å². The molecule has 4 N–H and O–H groups in total. The van der Waals surface area contributed by atoms with E-state index in [1.165, 1.54) is 6.07 Å². The van der Waals surface area contributed by atoms with Crippen molar-refractivity contribution in [2.24, 2.45) is 4.99 Å². The van der Waals surface area contributed by atoms with Gasteiger partial charge in [0.2, 0.25) is 24.3 Å². The van der Waals surface area contributed by atoms with Gasteiger partial charge in [0.05, 0.1) is 25.1 Å². The Kier molecular flexibility index (Phi) is 24.4. The number of ether oxygens (including phenoxy) is 8. The summed E-state index contributed by atoms with van der Waals surface area (Å²) in [6, 6.07) is 31.5. The van der Waals surface area contributed by atoms with Crippen LogP contribution in [0.15, 0.2) is 121 Å². The highest BCUT2D eigenvalue weighted by Crippen LogP contribution is 2.44. The summed E-state index contributed by atoms with van der Waals surface area (Å²) in [4.78, 5) is 90.5. The molecule has 23 nitrogen and oxygen atoms in total. The number of carbonyl (C=O) groups is 7. The molecule has 1 aliphatic carbocycles. The molecule has 1 fully saturated rings. The van der Waals surface area contributed by atoms with E-state index in [1.54, 1.807) is 48.8 Å². The van der Waals surface area contributed by atoms with Crippen LogP contribution >= 0.6 is 11.6 Å². The van der Waals surface area contributed by atoms with Crippen LogP contribution in [0.2, 0.25) is 5.02 Å². The first kappa shape index (κ1) is 65.7. The van der Waals surface area contributed by atoms with Crippen LogP contribution in [0.3, 0.4) is 0 Å². The van der Waals surface area contributed by atoms with Gasteiger partial charge in [-0.25, -0.2) is 14.2 Å². The minimum absolute atomic E-state index is 0.0515. The molecule has 0 spiro atoms. The zero-order chi connectivity index (χ0) is 62.3. The second-order valence-corrected chi connectivity index (χ2v) is 19.5. The summed E-state index contributed by atoms with van der Waals surface area (Å²) in [5.74, 6) is -6.39. The Morgan fingerprint density at radius 3 is 1.99 bits per heavy atom. The molecule has 27 heteroatoms. The number of carboxylic acids is 1. The smallest absolute Gasteiger partial charge is 0.430 e. The molecule has 2 heterocycles. The Bertz CT molecular complexity index is 3210. The number of amides is 2. The fourth-order valence-corrected chi connectivity index (χ4v) is 9.08. The van der Waals surface area contributed by atoms with Crippen molar-refractivity contribution in [1.29, 1.82) is 5.26 Å². The number of alkyl halides is 3. The van der Waals surface area contributed by atoms with E-state index in [-0.39, 0.29) is 49.4 Å². The van der Waals surface area contributed by atoms with Crippen molar-refractivity contribution >= 4 is 70.8 Å². The number of aliphatic imine (C=N–C) groups is 1. The summed E-state index contributed by atoms with van der Waals surface area (Å²) in [7, 11) is 1.06. The zero-order valence-corrected chi connectivity index (χ0v) is 47.6. The van der Waals surface area contributed by atoms with Crippen molar-refractivity contribution in [1.82, 2.24) is 10.6 Å². The number of carboxylic acid groups (broad SMARTS) is 1. The van der Waals surface area contributed by atoms with Crippen LogP contribution in [-0.2, 0) is 63.7 Å².